The summed E-state index contributed by atoms with van der Waals surface area (Å²) in [5, 5.41) is 7.16. The van der Waals surface area contributed by atoms with Crippen molar-refractivity contribution in [3.8, 4) is 0 Å². The second kappa shape index (κ2) is 5.36. The zero-order chi connectivity index (χ0) is 14.1. The molecule has 0 saturated carbocycles. The Morgan fingerprint density at radius 2 is 2.30 bits per heavy atom. The van der Waals surface area contributed by atoms with Crippen molar-refractivity contribution in [3.63, 3.8) is 0 Å². The second-order valence-electron chi connectivity index (χ2n) is 5.02. The van der Waals surface area contributed by atoms with Crippen molar-refractivity contribution in [3.05, 3.63) is 16.8 Å². The van der Waals surface area contributed by atoms with E-state index in [1.165, 1.54) is 16.9 Å². The maximum absolute atomic E-state index is 11.8. The van der Waals surface area contributed by atoms with Gasteiger partial charge in [-0.15, -0.1) is 11.3 Å². The van der Waals surface area contributed by atoms with E-state index in [1.807, 2.05) is 13.8 Å². The average molecular weight is 290 g/mol. The molecule has 0 aliphatic heterocycles. The summed E-state index contributed by atoms with van der Waals surface area (Å²) in [6, 6.07) is -0.301. The van der Waals surface area contributed by atoms with Gasteiger partial charge in [-0.05, 0) is 38.7 Å². The molecule has 1 aliphatic rings. The van der Waals surface area contributed by atoms with Crippen LogP contribution in [0.3, 0.4) is 0 Å². The number of thiophene rings is 1. The molecule has 106 valence electrons. The first kappa shape index (κ1) is 13.3. The number of aryl methyl sites for hydroxylation is 2. The maximum atomic E-state index is 11.8. The monoisotopic (exact) mass is 290 g/mol. The predicted molar refractivity (Wildman–Crippen MR) is 81.2 cm³/mol. The molecule has 0 radical (unpaired) electrons. The fourth-order valence-electron chi connectivity index (χ4n) is 2.64. The lowest BCUT2D eigenvalue weighted by atomic mass is 10.2. The number of rotatable bonds is 4. The normalized spacial score (nSPS) is 15.1. The summed E-state index contributed by atoms with van der Waals surface area (Å²) in [7, 11) is 0. The molecule has 0 spiro atoms. The van der Waals surface area contributed by atoms with Gasteiger partial charge in [-0.1, -0.05) is 0 Å². The van der Waals surface area contributed by atoms with Gasteiger partial charge in [0.1, 0.15) is 23.0 Å². The number of hydrogen-bond acceptors (Lipinski definition) is 5. The summed E-state index contributed by atoms with van der Waals surface area (Å²) in [5.74, 6) is 0.777. The van der Waals surface area contributed by atoms with Gasteiger partial charge in [0.15, 0.2) is 0 Å². The van der Waals surface area contributed by atoms with Crippen LogP contribution in [0, 0.1) is 0 Å². The minimum Gasteiger partial charge on any atom is -0.358 e. The van der Waals surface area contributed by atoms with E-state index in [9.17, 15) is 4.79 Å². The Morgan fingerprint density at radius 3 is 3.10 bits per heavy atom. The third-order valence-electron chi connectivity index (χ3n) is 3.60. The lowest BCUT2D eigenvalue weighted by Crippen LogP contribution is -2.37. The Bertz CT molecular complexity index is 652. The zero-order valence-corrected chi connectivity index (χ0v) is 12.5. The Morgan fingerprint density at radius 1 is 1.45 bits per heavy atom. The molecule has 0 fully saturated rings. The van der Waals surface area contributed by atoms with Gasteiger partial charge in [0.05, 0.1) is 5.39 Å². The summed E-state index contributed by atoms with van der Waals surface area (Å²) in [5.41, 5.74) is 1.37. The smallest absolute Gasteiger partial charge is 0.242 e. The number of aromatic nitrogens is 2. The number of hydrogen-bond donors (Lipinski definition) is 2. The first-order valence-corrected chi connectivity index (χ1v) is 7.81. The van der Waals surface area contributed by atoms with Gasteiger partial charge in [0.2, 0.25) is 5.91 Å². The fraction of sp³-hybridized carbons (Fsp3) is 0.500. The van der Waals surface area contributed by atoms with Gasteiger partial charge >= 0.3 is 0 Å². The Labute approximate surface area is 121 Å². The average Bonchev–Trinajstić information content (AvgIpc) is 2.99. The van der Waals surface area contributed by atoms with E-state index in [4.69, 9.17) is 0 Å². The molecule has 1 amide bonds. The van der Waals surface area contributed by atoms with Crippen LogP contribution < -0.4 is 10.6 Å². The largest absolute Gasteiger partial charge is 0.358 e. The molecule has 2 heterocycles. The van der Waals surface area contributed by atoms with Crippen LogP contribution in [0.25, 0.3) is 10.2 Å². The van der Waals surface area contributed by atoms with Crippen LogP contribution in [-0.2, 0) is 17.6 Å². The van der Waals surface area contributed by atoms with Crippen molar-refractivity contribution in [2.75, 3.05) is 11.9 Å². The van der Waals surface area contributed by atoms with E-state index in [0.717, 1.165) is 28.9 Å². The lowest BCUT2D eigenvalue weighted by Gasteiger charge is -2.14. The van der Waals surface area contributed by atoms with Crippen LogP contribution in [0.1, 0.15) is 30.7 Å². The molecule has 0 saturated heterocycles. The fourth-order valence-corrected chi connectivity index (χ4v) is 3.86. The van der Waals surface area contributed by atoms with E-state index in [-0.39, 0.29) is 11.9 Å². The number of likely N-dealkylation sites (N-methyl/N-ethyl adjacent to an activating group) is 1. The van der Waals surface area contributed by atoms with Crippen LogP contribution in [0.4, 0.5) is 5.82 Å². The van der Waals surface area contributed by atoms with Gasteiger partial charge < -0.3 is 10.6 Å². The molecule has 20 heavy (non-hydrogen) atoms. The molecular weight excluding hydrogens is 272 g/mol. The highest BCUT2D eigenvalue weighted by atomic mass is 32.1. The van der Waals surface area contributed by atoms with E-state index < -0.39 is 0 Å². The van der Waals surface area contributed by atoms with Crippen LogP contribution >= 0.6 is 11.3 Å². The molecular formula is C14H18N4OS. The number of carbonyl (C=O) groups is 1. The summed E-state index contributed by atoms with van der Waals surface area (Å²) in [4.78, 5) is 23.0. The molecule has 2 aromatic heterocycles. The van der Waals surface area contributed by atoms with Crippen molar-refractivity contribution in [2.24, 2.45) is 0 Å². The molecule has 0 aromatic carbocycles. The van der Waals surface area contributed by atoms with Crippen molar-refractivity contribution in [1.29, 1.82) is 0 Å². The maximum Gasteiger partial charge on any atom is 0.242 e. The first-order valence-electron chi connectivity index (χ1n) is 7.00. The van der Waals surface area contributed by atoms with Gasteiger partial charge in [0, 0.05) is 11.4 Å². The highest BCUT2D eigenvalue weighted by Crippen LogP contribution is 2.39. The number of amides is 1. The van der Waals surface area contributed by atoms with Gasteiger partial charge in [-0.25, -0.2) is 9.97 Å². The van der Waals surface area contributed by atoms with Gasteiger partial charge in [0.25, 0.3) is 0 Å². The Kier molecular flexibility index (Phi) is 3.56. The van der Waals surface area contributed by atoms with Crippen molar-refractivity contribution >= 4 is 33.3 Å². The number of fused-ring (bicyclic) bond motifs is 3. The van der Waals surface area contributed by atoms with E-state index in [0.29, 0.717) is 6.54 Å². The molecule has 0 unspecified atom stereocenters. The number of nitrogens with zero attached hydrogens (tertiary/aromatic N) is 2. The molecule has 2 N–H and O–H groups in total. The molecule has 0 bridgehead atoms. The van der Waals surface area contributed by atoms with Crippen molar-refractivity contribution in [2.45, 2.75) is 39.2 Å². The summed E-state index contributed by atoms with van der Waals surface area (Å²) < 4.78 is 0. The number of nitrogens with one attached hydrogen (secondary N) is 2. The lowest BCUT2D eigenvalue weighted by molar-refractivity contribution is -0.121. The van der Waals surface area contributed by atoms with Crippen molar-refractivity contribution in [1.82, 2.24) is 15.3 Å². The highest BCUT2D eigenvalue weighted by Gasteiger charge is 2.22. The Hall–Kier alpha value is -1.69. The molecule has 2 aromatic rings. The van der Waals surface area contributed by atoms with Gasteiger partial charge in [-0.3, -0.25) is 4.79 Å². The zero-order valence-electron chi connectivity index (χ0n) is 11.7. The van der Waals surface area contributed by atoms with Crippen molar-refractivity contribution < 1.29 is 4.79 Å². The predicted octanol–water partition coefficient (Wildman–Crippen LogP) is 2.12. The van der Waals surface area contributed by atoms with E-state index in [1.54, 1.807) is 17.7 Å². The van der Waals surface area contributed by atoms with Crippen LogP contribution in [0.15, 0.2) is 6.33 Å². The van der Waals surface area contributed by atoms with E-state index in [2.05, 4.69) is 20.6 Å². The van der Waals surface area contributed by atoms with E-state index >= 15 is 0 Å². The quantitative estimate of drug-likeness (QED) is 0.905. The number of carbonyl (C=O) groups excluding carboxylic acids is 1. The first-order chi connectivity index (χ1) is 9.70. The molecule has 1 atom stereocenters. The minimum atomic E-state index is -0.301. The van der Waals surface area contributed by atoms with Crippen LogP contribution in [-0.4, -0.2) is 28.5 Å². The molecule has 6 heteroatoms. The topological polar surface area (TPSA) is 66.9 Å². The van der Waals surface area contributed by atoms with Crippen LogP contribution in [0.2, 0.25) is 0 Å². The molecule has 3 rings (SSSR count). The summed E-state index contributed by atoms with van der Waals surface area (Å²) in [6.45, 7) is 4.41. The van der Waals surface area contributed by atoms with Gasteiger partial charge in [-0.2, -0.15) is 0 Å². The third kappa shape index (κ3) is 2.24. The Balaban J connectivity index is 1.93. The minimum absolute atomic E-state index is 0.00821. The van der Waals surface area contributed by atoms with Crippen LogP contribution in [0.5, 0.6) is 0 Å². The standard InChI is InChI=1S/C14H18N4OS/c1-3-15-13(19)8(2)18-12-11-9-5-4-6-10(9)20-14(11)17-7-16-12/h7-8H,3-6H2,1-2H3,(H,15,19)(H,16,17,18)/t8-/m1/s1. The summed E-state index contributed by atoms with van der Waals surface area (Å²) in [6.07, 6.45) is 5.01. The molecule has 5 nitrogen and oxygen atoms in total. The second-order valence-corrected chi connectivity index (χ2v) is 6.10. The highest BCUT2D eigenvalue weighted by molar-refractivity contribution is 7.19. The third-order valence-corrected chi connectivity index (χ3v) is 4.80. The summed E-state index contributed by atoms with van der Waals surface area (Å²) >= 11 is 1.75. The molecule has 1 aliphatic carbocycles. The number of anilines is 1. The SMILES string of the molecule is CCNC(=O)[C@@H](C)Nc1ncnc2sc3c(c12)CCC3.